The summed E-state index contributed by atoms with van der Waals surface area (Å²) in [5, 5.41) is 12.9. The first-order chi connectivity index (χ1) is 18.8. The molecule has 1 aromatic heterocycles. The Balaban J connectivity index is 0.00000127. The molecule has 0 saturated carbocycles. The van der Waals surface area contributed by atoms with Crippen molar-refractivity contribution in [2.24, 2.45) is 18.0 Å². The van der Waals surface area contributed by atoms with Crippen LogP contribution in [0.4, 0.5) is 0 Å². The van der Waals surface area contributed by atoms with E-state index in [1.165, 1.54) is 5.57 Å². The molecule has 7 nitrogen and oxygen atoms in total. The zero-order valence-corrected chi connectivity index (χ0v) is 25.1. The van der Waals surface area contributed by atoms with Gasteiger partial charge >= 0.3 is 0 Å². The molecular formula is C32H48N6O. The number of likely N-dealkylation sites (N-methyl/N-ethyl adjacent to an activating group) is 1. The van der Waals surface area contributed by atoms with Crippen molar-refractivity contribution in [2.75, 3.05) is 27.2 Å². The summed E-state index contributed by atoms with van der Waals surface area (Å²) < 4.78 is 2.04. The highest BCUT2D eigenvalue weighted by Crippen LogP contribution is 2.32. The highest BCUT2D eigenvalue weighted by molar-refractivity contribution is 6.36. The summed E-state index contributed by atoms with van der Waals surface area (Å²) >= 11 is 0. The number of aromatic nitrogens is 2. The molecule has 0 unspecified atom stereocenters. The summed E-state index contributed by atoms with van der Waals surface area (Å²) in [6.07, 6.45) is 15.5. The zero-order valence-electron chi connectivity index (χ0n) is 25.1. The lowest BCUT2D eigenvalue weighted by molar-refractivity contribution is -0.124. The number of H-pyrrole nitrogens is 1. The predicted molar refractivity (Wildman–Crippen MR) is 166 cm³/mol. The molecule has 1 amide bonds. The van der Waals surface area contributed by atoms with Crippen molar-refractivity contribution in [3.63, 3.8) is 0 Å². The molecule has 1 fully saturated rings. The van der Waals surface area contributed by atoms with Crippen molar-refractivity contribution in [2.45, 2.75) is 59.9 Å². The van der Waals surface area contributed by atoms with Crippen LogP contribution in [0.2, 0.25) is 0 Å². The number of amides is 1. The van der Waals surface area contributed by atoms with Crippen LogP contribution < -0.4 is 10.4 Å². The molecule has 39 heavy (non-hydrogen) atoms. The molecule has 7 heteroatoms. The van der Waals surface area contributed by atoms with Crippen LogP contribution in [0, 0.1) is 11.3 Å². The van der Waals surface area contributed by atoms with Gasteiger partial charge in [-0.1, -0.05) is 52.0 Å². The van der Waals surface area contributed by atoms with Crippen LogP contribution in [0.15, 0.2) is 58.8 Å². The van der Waals surface area contributed by atoms with E-state index in [1.54, 1.807) is 17.2 Å². The van der Waals surface area contributed by atoms with Gasteiger partial charge in [0.25, 0.3) is 0 Å². The lowest BCUT2D eigenvalue weighted by Gasteiger charge is -2.34. The second-order valence-electron chi connectivity index (χ2n) is 9.71. The maximum Gasteiger partial charge on any atom is 0.249 e. The largest absolute Gasteiger partial charge is 0.345 e. The van der Waals surface area contributed by atoms with Gasteiger partial charge in [-0.3, -0.25) is 24.8 Å². The molecule has 3 aliphatic rings. The van der Waals surface area contributed by atoms with Gasteiger partial charge in [0.2, 0.25) is 5.91 Å². The van der Waals surface area contributed by atoms with Gasteiger partial charge in [-0.15, -0.1) is 0 Å². The minimum Gasteiger partial charge on any atom is -0.345 e. The summed E-state index contributed by atoms with van der Waals surface area (Å²) in [4.78, 5) is 20.8. The highest BCUT2D eigenvalue weighted by atomic mass is 16.2. The number of hydrogen-bond acceptors (Lipinski definition) is 4. The Labute approximate surface area is 234 Å². The molecule has 1 aromatic rings. The number of hydrogen-bond donors (Lipinski definition) is 2. The number of aromatic amines is 1. The molecule has 0 aromatic carbocycles. The van der Waals surface area contributed by atoms with Crippen LogP contribution in [-0.2, 0) is 18.4 Å². The van der Waals surface area contributed by atoms with Crippen molar-refractivity contribution in [3.8, 4) is 0 Å². The smallest absolute Gasteiger partial charge is 0.249 e. The number of aryl methyl sites for hydroxylation is 1. The summed E-state index contributed by atoms with van der Waals surface area (Å²) in [5.74, 6) is 0.728. The van der Waals surface area contributed by atoms with Crippen LogP contribution in [0.1, 0.15) is 59.1 Å². The molecule has 4 rings (SSSR count). The van der Waals surface area contributed by atoms with E-state index in [0.717, 1.165) is 72.7 Å². The number of carbonyl (C=O) groups excluding carboxylic acids is 1. The fourth-order valence-electron chi connectivity index (χ4n) is 4.90. The number of rotatable bonds is 4. The molecule has 3 heterocycles. The third-order valence-corrected chi connectivity index (χ3v) is 7.04. The molecule has 1 aliphatic carbocycles. The van der Waals surface area contributed by atoms with Crippen molar-refractivity contribution in [1.82, 2.24) is 19.6 Å². The summed E-state index contributed by atoms with van der Waals surface area (Å²) in [7, 11) is 5.65. The number of nitrogens with zero attached hydrogens (tertiary/aromatic N) is 4. The van der Waals surface area contributed by atoms with E-state index in [4.69, 9.17) is 5.41 Å². The first-order valence-electron chi connectivity index (χ1n) is 14.3. The van der Waals surface area contributed by atoms with Crippen molar-refractivity contribution in [3.05, 3.63) is 69.9 Å². The van der Waals surface area contributed by atoms with E-state index in [-0.39, 0.29) is 5.91 Å². The molecule has 212 valence electrons. The van der Waals surface area contributed by atoms with E-state index in [0.29, 0.717) is 11.6 Å². The van der Waals surface area contributed by atoms with Crippen molar-refractivity contribution < 1.29 is 4.79 Å². The van der Waals surface area contributed by atoms with Crippen LogP contribution in [0.25, 0.3) is 12.3 Å². The Morgan fingerprint density at radius 2 is 1.82 bits per heavy atom. The monoisotopic (exact) mass is 532 g/mol. The SMILES string of the molecule is C=c1cc(CN2CCC(C3=CC=C(C(=O)N(C)C)CC3)CC2)n(C)[nH]cc/c1=C1/C=CC(=N)C=N1.CC.CC. The Bertz CT molecular complexity index is 1260. The first-order valence-corrected chi connectivity index (χ1v) is 14.3. The molecular weight excluding hydrogens is 484 g/mol. The molecule has 0 bridgehead atoms. The average molecular weight is 533 g/mol. The fourth-order valence-corrected chi connectivity index (χ4v) is 4.90. The van der Waals surface area contributed by atoms with E-state index >= 15 is 0 Å². The summed E-state index contributed by atoms with van der Waals surface area (Å²) in [5.41, 5.74) is 4.77. The topological polar surface area (TPSA) is 80.5 Å². The number of likely N-dealkylation sites (tertiary alicyclic amines) is 1. The maximum absolute atomic E-state index is 12.2. The number of allylic oxidation sites excluding steroid dienone is 4. The summed E-state index contributed by atoms with van der Waals surface area (Å²) in [6.45, 7) is 15.2. The second-order valence-corrected chi connectivity index (χ2v) is 9.71. The standard InChI is InChI=1S/C28H36N6O.2C2H6/c1-20-17-25(33(4)31-14-11-26(20)27-10-9-24(29)18-30-27)19-34-15-12-22(13-16-34)21-5-7-23(8-6-21)28(35)32(2)3;2*1-2/h5,7,9-11,14,17-18,22,29,31H,1,6,8,12-13,15-16,19H2,2-4H3;2*1-2H3/b14-11?,25-17?,27-26+,29-24?;;. The van der Waals surface area contributed by atoms with Gasteiger partial charge in [-0.2, -0.15) is 0 Å². The lowest BCUT2D eigenvalue weighted by atomic mass is 9.83. The van der Waals surface area contributed by atoms with E-state index in [9.17, 15) is 4.79 Å². The fraction of sp³-hybridized carbons (Fsp3) is 0.469. The molecule has 0 radical (unpaired) electrons. The van der Waals surface area contributed by atoms with E-state index < -0.39 is 0 Å². The normalized spacial score (nSPS) is 18.6. The van der Waals surface area contributed by atoms with Crippen LogP contribution in [-0.4, -0.2) is 64.6 Å². The minimum atomic E-state index is 0.126. The second kappa shape index (κ2) is 15.8. The highest BCUT2D eigenvalue weighted by Gasteiger charge is 2.24. The number of nitrogens with one attached hydrogen (secondary N) is 2. The summed E-state index contributed by atoms with van der Waals surface area (Å²) in [6, 6.07) is 4.11. The van der Waals surface area contributed by atoms with Gasteiger partial charge in [-0.05, 0) is 74.2 Å². The van der Waals surface area contributed by atoms with Gasteiger partial charge < -0.3 is 10.00 Å². The Morgan fingerprint density at radius 1 is 1.13 bits per heavy atom. The van der Waals surface area contributed by atoms with Gasteiger partial charge in [-0.25, -0.2) is 0 Å². The molecule has 2 N–H and O–H groups in total. The average Bonchev–Trinajstić information content (AvgIpc) is 2.97. The van der Waals surface area contributed by atoms with Gasteiger partial charge in [0.05, 0.1) is 17.6 Å². The van der Waals surface area contributed by atoms with Crippen molar-refractivity contribution >= 4 is 30.1 Å². The van der Waals surface area contributed by atoms with Gasteiger partial charge in [0.1, 0.15) is 0 Å². The number of aliphatic imine (C=N–C) groups is 1. The molecule has 1 saturated heterocycles. The van der Waals surface area contributed by atoms with Crippen molar-refractivity contribution in [1.29, 1.82) is 5.41 Å². The van der Waals surface area contributed by atoms with Crippen LogP contribution in [0.3, 0.4) is 0 Å². The third kappa shape index (κ3) is 8.79. The maximum atomic E-state index is 12.2. The molecule has 0 atom stereocenters. The van der Waals surface area contributed by atoms with E-state index in [1.807, 2.05) is 77.9 Å². The minimum absolute atomic E-state index is 0.126. The third-order valence-electron chi connectivity index (χ3n) is 7.04. The van der Waals surface area contributed by atoms with Gasteiger partial charge in [0, 0.05) is 50.4 Å². The Kier molecular flexibility index (Phi) is 12.9. The number of dihydropyridines is 1. The quantitative estimate of drug-likeness (QED) is 0.592. The van der Waals surface area contributed by atoms with Crippen LogP contribution in [0.5, 0.6) is 0 Å². The van der Waals surface area contributed by atoms with E-state index in [2.05, 4.69) is 33.7 Å². The molecule has 2 aliphatic heterocycles. The van der Waals surface area contributed by atoms with Gasteiger partial charge in [0.15, 0.2) is 0 Å². The first kappa shape index (κ1) is 31.8. The Morgan fingerprint density at radius 3 is 2.38 bits per heavy atom. The Hall–Kier alpha value is -3.45. The predicted octanol–water partition coefficient (Wildman–Crippen LogP) is 4.66. The number of carbonyl (C=O) groups is 1. The number of piperidine rings is 1. The molecule has 0 spiro atoms. The lowest BCUT2D eigenvalue weighted by Crippen LogP contribution is -2.35. The van der Waals surface area contributed by atoms with Crippen LogP contribution >= 0.6 is 0 Å². The zero-order chi connectivity index (χ0) is 28.9.